The Morgan fingerprint density at radius 1 is 1.43 bits per heavy atom. The fraction of sp³-hybridized carbons (Fsp3) is 0.421. The van der Waals surface area contributed by atoms with Gasteiger partial charge in [-0.2, -0.15) is 16.9 Å². The van der Waals surface area contributed by atoms with Gasteiger partial charge in [-0.05, 0) is 0 Å². The number of hydrazone groups is 1. The summed E-state index contributed by atoms with van der Waals surface area (Å²) in [7, 11) is 0. The molecule has 0 aromatic carbocycles. The van der Waals surface area contributed by atoms with Gasteiger partial charge in [0.2, 0.25) is 0 Å². The second-order valence-electron chi connectivity index (χ2n) is 7.15. The van der Waals surface area contributed by atoms with E-state index < -0.39 is 35.2 Å². The number of carboxylic acid groups (broad SMARTS) is 1. The van der Waals surface area contributed by atoms with Crippen LogP contribution in [0.25, 0.3) is 0 Å². The summed E-state index contributed by atoms with van der Waals surface area (Å²) >= 11 is 3.84. The molecule has 2 atom stereocenters. The van der Waals surface area contributed by atoms with E-state index >= 15 is 0 Å². The van der Waals surface area contributed by atoms with Crippen molar-refractivity contribution < 1.29 is 33.9 Å². The zero-order valence-electron chi connectivity index (χ0n) is 19.3. The molecule has 1 unspecified atom stereocenters. The van der Waals surface area contributed by atoms with Crippen LogP contribution in [0.2, 0.25) is 0 Å². The number of amides is 2. The highest BCUT2D eigenvalue weighted by atomic mass is 127. The van der Waals surface area contributed by atoms with E-state index in [0.717, 1.165) is 16.2 Å². The first kappa shape index (κ1) is 30.6. The lowest BCUT2D eigenvalue weighted by Gasteiger charge is -2.49. The minimum absolute atomic E-state index is 0. The van der Waals surface area contributed by atoms with Gasteiger partial charge < -0.3 is 31.6 Å². The number of nitrogens with two attached hydrogens (primary N) is 2. The molecule has 1 saturated heterocycles. The second kappa shape index (κ2) is 14.4. The number of nitrogens with zero attached hydrogens (tertiary/aromatic N) is 4. The molecule has 0 bridgehead atoms. The fourth-order valence-electron chi connectivity index (χ4n) is 3.18. The van der Waals surface area contributed by atoms with Crippen molar-refractivity contribution in [1.82, 2.24) is 15.2 Å². The van der Waals surface area contributed by atoms with E-state index in [-0.39, 0.29) is 65.2 Å². The number of halogens is 1. The molecule has 18 heteroatoms. The maximum atomic E-state index is 13.0. The smallest absolute Gasteiger partial charge is 0.352 e. The number of carbonyl (C=O) groups excluding carboxylic acids is 3. The maximum Gasteiger partial charge on any atom is 0.352 e. The van der Waals surface area contributed by atoms with Crippen molar-refractivity contribution in [3.63, 3.8) is 0 Å². The SMILES string of the molecule is CC(=O)OCC1=C(C(=O)O)N2C(=O)C(NC(=O)C(=NOCCSCC=NN)c3csc(N)n3)[C@H]2SC1.I. The number of ether oxygens (including phenoxy) is 1. The van der Waals surface area contributed by atoms with Crippen molar-refractivity contribution in [3.05, 3.63) is 22.3 Å². The average Bonchev–Trinajstić information content (AvgIpc) is 3.27. The van der Waals surface area contributed by atoms with Crippen molar-refractivity contribution in [2.75, 3.05) is 36.2 Å². The van der Waals surface area contributed by atoms with Crippen LogP contribution < -0.4 is 16.9 Å². The Balaban J connectivity index is 0.00000481. The molecule has 202 valence electrons. The molecular formula is C19H24IN7O7S3. The number of rotatable bonds is 12. The van der Waals surface area contributed by atoms with E-state index in [9.17, 15) is 24.3 Å². The quantitative estimate of drug-likeness (QED) is 0.0437. The van der Waals surface area contributed by atoms with Crippen molar-refractivity contribution in [2.24, 2.45) is 16.1 Å². The number of aliphatic carboxylic acids is 1. The number of β-lactam (4-membered cyclic amide) rings is 1. The lowest BCUT2D eigenvalue weighted by atomic mass is 10.0. The number of esters is 1. The third-order valence-electron chi connectivity index (χ3n) is 4.74. The average molecular weight is 686 g/mol. The highest BCUT2D eigenvalue weighted by molar-refractivity contribution is 14.0. The van der Waals surface area contributed by atoms with E-state index in [1.54, 1.807) is 0 Å². The van der Waals surface area contributed by atoms with Crippen LogP contribution in [0.15, 0.2) is 26.9 Å². The summed E-state index contributed by atoms with van der Waals surface area (Å²) in [5, 5.41) is 20.6. The number of thiazole rings is 1. The standard InChI is InChI=1S/C19H23N7O7S3.HI/c1-9(27)32-6-10-7-35-17-13(16(29)26(17)14(10)18(30)31)24-15(28)12(11-8-36-19(20)23-11)25-33-3-5-34-4-2-22-21;/h2,8,13,17H,3-7,21H2,1H3,(H2,20,23)(H,24,28)(H,30,31);1H/t13?,17-;/m1./s1. The van der Waals surface area contributed by atoms with Gasteiger partial charge in [0.1, 0.15) is 36.0 Å². The van der Waals surface area contributed by atoms with E-state index in [1.165, 1.54) is 42.0 Å². The Labute approximate surface area is 240 Å². The molecule has 0 spiro atoms. The minimum atomic E-state index is -1.33. The van der Waals surface area contributed by atoms with E-state index in [0.29, 0.717) is 17.1 Å². The molecule has 1 aromatic rings. The summed E-state index contributed by atoms with van der Waals surface area (Å²) in [5.74, 6) is 3.14. The van der Waals surface area contributed by atoms with Crippen LogP contribution in [-0.2, 0) is 28.8 Å². The Morgan fingerprint density at radius 2 is 2.19 bits per heavy atom. The molecule has 2 aliphatic heterocycles. The number of carboxylic acids is 1. The molecule has 2 amide bonds. The minimum Gasteiger partial charge on any atom is -0.477 e. The summed E-state index contributed by atoms with van der Waals surface area (Å²) in [6, 6.07) is -1.00. The molecule has 0 saturated carbocycles. The number of nitrogen functional groups attached to an aromatic ring is 1. The second-order valence-corrected chi connectivity index (χ2v) is 10.3. The van der Waals surface area contributed by atoms with Gasteiger partial charge >= 0.3 is 11.9 Å². The van der Waals surface area contributed by atoms with Crippen LogP contribution in [0, 0.1) is 0 Å². The number of carbonyl (C=O) groups is 4. The Morgan fingerprint density at radius 3 is 2.81 bits per heavy atom. The molecule has 1 aromatic heterocycles. The van der Waals surface area contributed by atoms with Gasteiger partial charge in [-0.25, -0.2) is 9.78 Å². The summed E-state index contributed by atoms with van der Waals surface area (Å²) in [5.41, 5.74) is 5.73. The van der Waals surface area contributed by atoms with Crippen LogP contribution in [0.3, 0.4) is 0 Å². The molecule has 6 N–H and O–H groups in total. The Hall–Kier alpha value is -2.58. The molecule has 3 heterocycles. The van der Waals surface area contributed by atoms with Gasteiger partial charge in [0.15, 0.2) is 10.8 Å². The molecular weight excluding hydrogens is 661 g/mol. The van der Waals surface area contributed by atoms with E-state index in [1.807, 2.05) is 0 Å². The Kier molecular flexibility index (Phi) is 11.9. The van der Waals surface area contributed by atoms with Crippen LogP contribution in [-0.4, -0.2) is 92.6 Å². The molecule has 0 radical (unpaired) electrons. The summed E-state index contributed by atoms with van der Waals surface area (Å²) in [6.45, 7) is 1.15. The summed E-state index contributed by atoms with van der Waals surface area (Å²) < 4.78 is 4.91. The highest BCUT2D eigenvalue weighted by Gasteiger charge is 2.54. The number of anilines is 1. The van der Waals surface area contributed by atoms with Crippen molar-refractivity contribution in [2.45, 2.75) is 18.3 Å². The number of hydrogen-bond donors (Lipinski definition) is 4. The summed E-state index contributed by atoms with van der Waals surface area (Å²) in [6.07, 6.45) is 1.54. The lowest BCUT2D eigenvalue weighted by molar-refractivity contribution is -0.150. The summed E-state index contributed by atoms with van der Waals surface area (Å²) in [4.78, 5) is 59.3. The van der Waals surface area contributed by atoms with E-state index in [2.05, 4.69) is 20.6 Å². The Bertz CT molecular complexity index is 1130. The van der Waals surface area contributed by atoms with Gasteiger partial charge in [0.25, 0.3) is 11.8 Å². The first-order valence-electron chi connectivity index (χ1n) is 10.3. The number of hydrogen-bond acceptors (Lipinski definition) is 14. The molecule has 37 heavy (non-hydrogen) atoms. The van der Waals surface area contributed by atoms with Gasteiger partial charge in [-0.15, -0.1) is 47.1 Å². The highest BCUT2D eigenvalue weighted by Crippen LogP contribution is 2.40. The first-order valence-corrected chi connectivity index (χ1v) is 13.4. The van der Waals surface area contributed by atoms with E-state index in [4.69, 9.17) is 21.2 Å². The third-order valence-corrected chi connectivity index (χ3v) is 7.59. The van der Waals surface area contributed by atoms with Crippen LogP contribution >= 0.6 is 58.8 Å². The molecule has 2 aliphatic rings. The normalized spacial score (nSPS) is 19.1. The predicted octanol–water partition coefficient (Wildman–Crippen LogP) is 0.0434. The molecule has 3 rings (SSSR count). The topological polar surface area (TPSA) is 212 Å². The number of aromatic nitrogens is 1. The van der Waals surface area contributed by atoms with Crippen LogP contribution in [0.4, 0.5) is 5.13 Å². The van der Waals surface area contributed by atoms with Gasteiger partial charge in [0.05, 0.1) is 0 Å². The monoisotopic (exact) mass is 685 g/mol. The molecule has 14 nitrogen and oxygen atoms in total. The predicted molar refractivity (Wildman–Crippen MR) is 151 cm³/mol. The zero-order valence-corrected chi connectivity index (χ0v) is 24.1. The largest absolute Gasteiger partial charge is 0.477 e. The maximum absolute atomic E-state index is 13.0. The van der Waals surface area contributed by atoms with Gasteiger partial charge in [-0.3, -0.25) is 19.3 Å². The molecule has 0 aliphatic carbocycles. The fourth-order valence-corrected chi connectivity index (χ4v) is 5.60. The zero-order chi connectivity index (χ0) is 26.2. The number of nitrogens with one attached hydrogen (secondary N) is 1. The van der Waals surface area contributed by atoms with Crippen molar-refractivity contribution in [3.8, 4) is 0 Å². The first-order chi connectivity index (χ1) is 17.2. The number of oxime groups is 1. The van der Waals surface area contributed by atoms with Gasteiger partial charge in [0, 0.05) is 41.4 Å². The number of thioether (sulfide) groups is 2. The lowest BCUT2D eigenvalue weighted by Crippen LogP contribution is -2.71. The van der Waals surface area contributed by atoms with Crippen LogP contribution in [0.1, 0.15) is 12.6 Å². The van der Waals surface area contributed by atoms with Gasteiger partial charge in [-0.1, -0.05) is 5.16 Å². The number of fused-ring (bicyclic) bond motifs is 1. The van der Waals surface area contributed by atoms with Crippen LogP contribution in [0.5, 0.6) is 0 Å². The third kappa shape index (κ3) is 7.71. The molecule has 1 fully saturated rings. The van der Waals surface area contributed by atoms with Crippen molar-refractivity contribution in [1.29, 1.82) is 0 Å². The van der Waals surface area contributed by atoms with Crippen molar-refractivity contribution >= 4 is 99.6 Å².